The average molecular weight is 354 g/mol. The van der Waals surface area contributed by atoms with E-state index in [4.69, 9.17) is 4.74 Å². The smallest absolute Gasteiger partial charge is 0.271 e. The van der Waals surface area contributed by atoms with Crippen LogP contribution in [0.15, 0.2) is 47.4 Å². The predicted molar refractivity (Wildman–Crippen MR) is 84.9 cm³/mol. The maximum atomic E-state index is 13.1. The Morgan fingerprint density at radius 2 is 2.00 bits per heavy atom. The van der Waals surface area contributed by atoms with Crippen LogP contribution in [-0.4, -0.2) is 27.0 Å². The van der Waals surface area contributed by atoms with E-state index in [2.05, 4.69) is 4.72 Å². The van der Waals surface area contributed by atoms with E-state index >= 15 is 0 Å². The monoisotopic (exact) mass is 354 g/mol. The first kappa shape index (κ1) is 17.8. The van der Waals surface area contributed by atoms with Crippen LogP contribution in [0.3, 0.4) is 0 Å². The van der Waals surface area contributed by atoms with Crippen molar-refractivity contribution in [3.63, 3.8) is 0 Å². The summed E-state index contributed by atoms with van der Waals surface area (Å²) in [5.41, 5.74) is 0.269. The highest BCUT2D eigenvalue weighted by molar-refractivity contribution is 7.89. The van der Waals surface area contributed by atoms with Gasteiger partial charge in [0.1, 0.15) is 16.5 Å². The van der Waals surface area contributed by atoms with Crippen molar-refractivity contribution in [2.45, 2.75) is 11.3 Å². The first-order valence-corrected chi connectivity index (χ1v) is 8.38. The summed E-state index contributed by atoms with van der Waals surface area (Å²) in [6, 6.07) is 9.12. The molecule has 0 aliphatic rings. The normalized spacial score (nSPS) is 11.2. The van der Waals surface area contributed by atoms with Gasteiger partial charge in [0.25, 0.3) is 5.69 Å². The molecule has 0 bridgehead atoms. The third-order valence-corrected chi connectivity index (χ3v) is 4.72. The molecule has 0 amide bonds. The van der Waals surface area contributed by atoms with Gasteiger partial charge >= 0.3 is 0 Å². The second kappa shape index (κ2) is 7.37. The maximum absolute atomic E-state index is 13.1. The number of hydrogen-bond acceptors (Lipinski definition) is 5. The Hall–Kier alpha value is -2.52. The highest BCUT2D eigenvalue weighted by Gasteiger charge is 2.22. The van der Waals surface area contributed by atoms with Crippen LogP contribution in [0.1, 0.15) is 5.56 Å². The fourth-order valence-corrected chi connectivity index (χ4v) is 3.31. The van der Waals surface area contributed by atoms with Gasteiger partial charge in [-0.05, 0) is 30.2 Å². The number of benzene rings is 2. The van der Waals surface area contributed by atoms with Gasteiger partial charge in [-0.15, -0.1) is 0 Å². The van der Waals surface area contributed by atoms with Crippen LogP contribution in [0.25, 0.3) is 0 Å². The van der Waals surface area contributed by atoms with Gasteiger partial charge in [0, 0.05) is 18.7 Å². The molecule has 0 heterocycles. The Bertz CT molecular complexity index is 855. The predicted octanol–water partition coefficient (Wildman–Crippen LogP) is 2.26. The molecule has 0 spiro atoms. The Labute approximate surface area is 138 Å². The standard InChI is InChI=1S/C15H15FN2O5S/c1-23-14-6-5-13(18(19)20)10-15(14)24(21,22)17-8-7-11-3-2-4-12(16)9-11/h2-6,9-10,17H,7-8H2,1H3. The van der Waals surface area contributed by atoms with Gasteiger partial charge in [-0.2, -0.15) is 0 Å². The number of methoxy groups -OCH3 is 1. The van der Waals surface area contributed by atoms with Gasteiger partial charge in [0.2, 0.25) is 10.0 Å². The number of nitro benzene ring substituents is 1. The maximum Gasteiger partial charge on any atom is 0.271 e. The first-order chi connectivity index (χ1) is 11.3. The number of ether oxygens (including phenoxy) is 1. The fourth-order valence-electron chi connectivity index (χ4n) is 2.09. The number of halogens is 1. The largest absolute Gasteiger partial charge is 0.495 e. The zero-order valence-electron chi connectivity index (χ0n) is 12.7. The molecule has 7 nitrogen and oxygen atoms in total. The quantitative estimate of drug-likeness (QED) is 0.607. The van der Waals surface area contributed by atoms with Crippen LogP contribution in [0, 0.1) is 15.9 Å². The van der Waals surface area contributed by atoms with Crippen molar-refractivity contribution < 1.29 is 22.5 Å². The van der Waals surface area contributed by atoms with Gasteiger partial charge in [-0.1, -0.05) is 12.1 Å². The second-order valence-electron chi connectivity index (χ2n) is 4.87. The number of nitro groups is 1. The summed E-state index contributed by atoms with van der Waals surface area (Å²) in [6.07, 6.45) is 0.272. The molecule has 9 heteroatoms. The van der Waals surface area contributed by atoms with Crippen molar-refractivity contribution in [2.24, 2.45) is 0 Å². The molecule has 0 aromatic heterocycles. The van der Waals surface area contributed by atoms with Crippen molar-refractivity contribution in [1.82, 2.24) is 4.72 Å². The molecule has 24 heavy (non-hydrogen) atoms. The van der Waals surface area contributed by atoms with Crippen LogP contribution in [0.2, 0.25) is 0 Å². The van der Waals surface area contributed by atoms with Crippen LogP contribution in [-0.2, 0) is 16.4 Å². The molecule has 128 valence electrons. The van der Waals surface area contributed by atoms with E-state index in [1.54, 1.807) is 6.07 Å². The number of hydrogen-bond donors (Lipinski definition) is 1. The summed E-state index contributed by atoms with van der Waals surface area (Å²) < 4.78 is 45.1. The molecular weight excluding hydrogens is 339 g/mol. The van der Waals surface area contributed by atoms with E-state index < -0.39 is 20.8 Å². The molecule has 0 aliphatic carbocycles. The molecule has 0 fully saturated rings. The zero-order valence-corrected chi connectivity index (χ0v) is 13.5. The van der Waals surface area contributed by atoms with Crippen molar-refractivity contribution in [2.75, 3.05) is 13.7 Å². The lowest BCUT2D eigenvalue weighted by molar-refractivity contribution is -0.385. The first-order valence-electron chi connectivity index (χ1n) is 6.90. The number of rotatable bonds is 7. The molecule has 1 N–H and O–H groups in total. The lowest BCUT2D eigenvalue weighted by atomic mass is 10.1. The second-order valence-corrected chi connectivity index (χ2v) is 6.61. The number of nitrogens with zero attached hydrogens (tertiary/aromatic N) is 1. The summed E-state index contributed by atoms with van der Waals surface area (Å²) in [4.78, 5) is 9.81. The van der Waals surface area contributed by atoms with E-state index in [0.29, 0.717) is 5.56 Å². The fraction of sp³-hybridized carbons (Fsp3) is 0.200. The number of nitrogens with one attached hydrogen (secondary N) is 1. The van der Waals surface area contributed by atoms with E-state index in [9.17, 15) is 22.9 Å². The van der Waals surface area contributed by atoms with Crippen LogP contribution >= 0.6 is 0 Å². The van der Waals surface area contributed by atoms with Crippen molar-refractivity contribution >= 4 is 15.7 Å². The van der Waals surface area contributed by atoms with E-state index in [1.165, 1.54) is 31.4 Å². The summed E-state index contributed by atoms with van der Waals surface area (Å²) in [6.45, 7) is 0.0115. The molecule has 0 saturated heterocycles. The van der Waals surface area contributed by atoms with Crippen molar-refractivity contribution in [3.8, 4) is 5.75 Å². The van der Waals surface area contributed by atoms with Crippen LogP contribution in [0.5, 0.6) is 5.75 Å². The summed E-state index contributed by atoms with van der Waals surface area (Å²) in [5, 5.41) is 10.8. The Balaban J connectivity index is 2.17. The highest BCUT2D eigenvalue weighted by atomic mass is 32.2. The Morgan fingerprint density at radius 3 is 2.62 bits per heavy atom. The van der Waals surface area contributed by atoms with Gasteiger partial charge in [-0.25, -0.2) is 17.5 Å². The molecule has 2 aromatic rings. The molecule has 0 radical (unpaired) electrons. The van der Waals surface area contributed by atoms with Crippen molar-refractivity contribution in [1.29, 1.82) is 0 Å². The highest BCUT2D eigenvalue weighted by Crippen LogP contribution is 2.27. The van der Waals surface area contributed by atoms with Crippen LogP contribution in [0.4, 0.5) is 10.1 Å². The number of sulfonamides is 1. The minimum atomic E-state index is -4.01. The minimum Gasteiger partial charge on any atom is -0.495 e. The molecule has 0 atom stereocenters. The van der Waals surface area contributed by atoms with Gasteiger partial charge in [-0.3, -0.25) is 10.1 Å². The third-order valence-electron chi connectivity index (χ3n) is 3.24. The molecular formula is C15H15FN2O5S. The minimum absolute atomic E-state index is 0.00106. The Morgan fingerprint density at radius 1 is 1.25 bits per heavy atom. The average Bonchev–Trinajstić information content (AvgIpc) is 2.54. The van der Waals surface area contributed by atoms with Gasteiger partial charge in [0.15, 0.2) is 0 Å². The van der Waals surface area contributed by atoms with Crippen molar-refractivity contribution in [3.05, 3.63) is 64.0 Å². The summed E-state index contributed by atoms with van der Waals surface area (Å²) >= 11 is 0. The lowest BCUT2D eigenvalue weighted by Gasteiger charge is -2.10. The zero-order chi connectivity index (χ0) is 17.7. The Kier molecular flexibility index (Phi) is 5.47. The van der Waals surface area contributed by atoms with E-state index in [0.717, 1.165) is 12.1 Å². The molecule has 0 saturated carbocycles. The molecule has 2 rings (SSSR count). The summed E-state index contributed by atoms with van der Waals surface area (Å²) in [7, 11) is -2.74. The third kappa shape index (κ3) is 4.27. The van der Waals surface area contributed by atoms with Gasteiger partial charge in [0.05, 0.1) is 12.0 Å². The molecule has 0 aliphatic heterocycles. The lowest BCUT2D eigenvalue weighted by Crippen LogP contribution is -2.26. The van der Waals surface area contributed by atoms with E-state index in [-0.39, 0.29) is 29.3 Å². The number of non-ortho nitro benzene ring substituents is 1. The van der Waals surface area contributed by atoms with Gasteiger partial charge < -0.3 is 4.74 Å². The SMILES string of the molecule is COc1ccc([N+](=O)[O-])cc1S(=O)(=O)NCCc1cccc(F)c1. The molecule has 2 aromatic carbocycles. The van der Waals surface area contributed by atoms with Crippen LogP contribution < -0.4 is 9.46 Å². The topological polar surface area (TPSA) is 98.5 Å². The molecule has 0 unspecified atom stereocenters. The summed E-state index contributed by atoms with van der Waals surface area (Å²) in [5.74, 6) is -0.408. The van der Waals surface area contributed by atoms with E-state index in [1.807, 2.05) is 0 Å².